The molecule has 0 aromatic heterocycles. The van der Waals surface area contributed by atoms with Gasteiger partial charge in [0.15, 0.2) is 0 Å². The molecule has 21 heavy (non-hydrogen) atoms. The van der Waals surface area contributed by atoms with Crippen LogP contribution >= 0.6 is 0 Å². The second-order valence-corrected chi connectivity index (χ2v) is 5.67. The highest BCUT2D eigenvalue weighted by Gasteiger charge is 2.31. The molecule has 0 unspecified atom stereocenters. The maximum atomic E-state index is 12.6. The smallest absolute Gasteiger partial charge is 0.259 e. The van der Waals surface area contributed by atoms with Crippen molar-refractivity contribution in [2.24, 2.45) is 0 Å². The Morgan fingerprint density at radius 3 is 2.52 bits per heavy atom. The van der Waals surface area contributed by atoms with E-state index in [1.54, 1.807) is 16.8 Å². The average Bonchev–Trinajstić information content (AvgIpc) is 2.74. The molecular formula is C17H18N2O2. The number of carbonyl (C=O) groups is 2. The summed E-state index contributed by atoms with van der Waals surface area (Å²) in [6.45, 7) is 4.00. The predicted octanol–water partition coefficient (Wildman–Crippen LogP) is 2.67. The van der Waals surface area contributed by atoms with Gasteiger partial charge in [0.1, 0.15) is 6.54 Å². The van der Waals surface area contributed by atoms with Crippen molar-refractivity contribution in [1.29, 1.82) is 0 Å². The molecule has 1 aliphatic heterocycles. The van der Waals surface area contributed by atoms with Crippen molar-refractivity contribution in [3.8, 4) is 0 Å². The van der Waals surface area contributed by atoms with Crippen LogP contribution in [0.15, 0.2) is 36.4 Å². The van der Waals surface area contributed by atoms with Gasteiger partial charge in [0.2, 0.25) is 5.91 Å². The minimum atomic E-state index is -0.0905. The first-order valence-electron chi connectivity index (χ1n) is 7.10. The molecule has 0 fully saturated rings. The van der Waals surface area contributed by atoms with Crippen molar-refractivity contribution in [1.82, 2.24) is 4.90 Å². The van der Waals surface area contributed by atoms with Gasteiger partial charge in [0.05, 0.1) is 5.69 Å². The van der Waals surface area contributed by atoms with Crippen LogP contribution in [0.25, 0.3) is 10.8 Å². The number of likely N-dealkylation sites (N-methyl/N-ethyl adjacent to an activating group) is 1. The van der Waals surface area contributed by atoms with Gasteiger partial charge in [0.25, 0.3) is 5.91 Å². The molecule has 2 aromatic carbocycles. The molecule has 108 valence electrons. The fourth-order valence-corrected chi connectivity index (χ4v) is 2.67. The maximum absolute atomic E-state index is 12.6. The summed E-state index contributed by atoms with van der Waals surface area (Å²) in [5.74, 6) is -0.143. The van der Waals surface area contributed by atoms with Crippen LogP contribution in [0, 0.1) is 0 Å². The number of benzene rings is 2. The third-order valence-electron chi connectivity index (χ3n) is 4.11. The largest absolute Gasteiger partial charge is 0.342 e. The lowest BCUT2D eigenvalue weighted by Gasteiger charge is -2.25. The Morgan fingerprint density at radius 2 is 1.86 bits per heavy atom. The van der Waals surface area contributed by atoms with Crippen molar-refractivity contribution < 1.29 is 9.59 Å². The second kappa shape index (κ2) is 4.88. The number of rotatable bonds is 3. The Hall–Kier alpha value is -2.36. The van der Waals surface area contributed by atoms with Gasteiger partial charge < -0.3 is 4.90 Å². The summed E-state index contributed by atoms with van der Waals surface area (Å²) in [6, 6.07) is 11.6. The highest BCUT2D eigenvalue weighted by atomic mass is 16.2. The molecule has 2 amide bonds. The minimum absolute atomic E-state index is 0.0526. The molecule has 1 heterocycles. The number of amides is 2. The average molecular weight is 282 g/mol. The highest BCUT2D eigenvalue weighted by Crippen LogP contribution is 2.36. The molecule has 2 aromatic rings. The van der Waals surface area contributed by atoms with Gasteiger partial charge >= 0.3 is 0 Å². The zero-order valence-corrected chi connectivity index (χ0v) is 12.5. The molecule has 0 N–H and O–H groups in total. The van der Waals surface area contributed by atoms with Gasteiger partial charge in [-0.1, -0.05) is 24.3 Å². The summed E-state index contributed by atoms with van der Waals surface area (Å²) in [6.07, 6.45) is 0. The first-order valence-corrected chi connectivity index (χ1v) is 7.10. The fraction of sp³-hybridized carbons (Fsp3) is 0.294. The van der Waals surface area contributed by atoms with E-state index in [1.165, 1.54) is 0 Å². The van der Waals surface area contributed by atoms with Gasteiger partial charge in [0, 0.05) is 24.0 Å². The van der Waals surface area contributed by atoms with Crippen molar-refractivity contribution in [3.05, 3.63) is 42.0 Å². The van der Waals surface area contributed by atoms with Gasteiger partial charge in [-0.05, 0) is 31.4 Å². The summed E-state index contributed by atoms with van der Waals surface area (Å²) >= 11 is 0. The Kier molecular flexibility index (Phi) is 3.16. The van der Waals surface area contributed by atoms with Gasteiger partial charge in [-0.2, -0.15) is 0 Å². The van der Waals surface area contributed by atoms with E-state index >= 15 is 0 Å². The van der Waals surface area contributed by atoms with E-state index in [-0.39, 0.29) is 24.4 Å². The Balaban J connectivity index is 1.99. The SMILES string of the molecule is CC(C)N(C)C(=O)CN1C(=O)c2cccc3cccc1c23. The number of hydrogen-bond acceptors (Lipinski definition) is 2. The van der Waals surface area contributed by atoms with Crippen LogP contribution in [-0.4, -0.2) is 36.3 Å². The molecule has 0 saturated carbocycles. The second-order valence-electron chi connectivity index (χ2n) is 5.67. The molecular weight excluding hydrogens is 264 g/mol. The molecule has 0 spiro atoms. The molecule has 0 aliphatic carbocycles. The molecule has 4 nitrogen and oxygen atoms in total. The van der Waals surface area contributed by atoms with Crippen LogP contribution in [0.5, 0.6) is 0 Å². The number of hydrogen-bond donors (Lipinski definition) is 0. The number of nitrogens with zero attached hydrogens (tertiary/aromatic N) is 2. The van der Waals surface area contributed by atoms with E-state index in [2.05, 4.69) is 0 Å². The minimum Gasteiger partial charge on any atom is -0.342 e. The molecule has 4 heteroatoms. The summed E-state index contributed by atoms with van der Waals surface area (Å²) in [5, 5.41) is 1.98. The summed E-state index contributed by atoms with van der Waals surface area (Å²) in [4.78, 5) is 28.1. The van der Waals surface area contributed by atoms with E-state index in [4.69, 9.17) is 0 Å². The van der Waals surface area contributed by atoms with Crippen LogP contribution in [0.2, 0.25) is 0 Å². The van der Waals surface area contributed by atoms with E-state index in [1.807, 2.05) is 50.2 Å². The van der Waals surface area contributed by atoms with Crippen LogP contribution < -0.4 is 4.90 Å². The summed E-state index contributed by atoms with van der Waals surface area (Å²) in [5.41, 5.74) is 1.52. The molecule has 0 bridgehead atoms. The normalized spacial score (nSPS) is 13.3. The van der Waals surface area contributed by atoms with E-state index in [9.17, 15) is 9.59 Å². The monoisotopic (exact) mass is 282 g/mol. The van der Waals surface area contributed by atoms with E-state index in [0.29, 0.717) is 5.56 Å². The molecule has 1 aliphatic rings. The van der Waals surface area contributed by atoms with Crippen molar-refractivity contribution in [2.45, 2.75) is 19.9 Å². The van der Waals surface area contributed by atoms with Crippen LogP contribution in [0.1, 0.15) is 24.2 Å². The first kappa shape index (κ1) is 13.6. The van der Waals surface area contributed by atoms with Gasteiger partial charge in [-0.3, -0.25) is 14.5 Å². The quantitative estimate of drug-likeness (QED) is 0.868. The Morgan fingerprint density at radius 1 is 1.19 bits per heavy atom. The molecule has 3 rings (SSSR count). The van der Waals surface area contributed by atoms with Crippen molar-refractivity contribution in [3.63, 3.8) is 0 Å². The lowest BCUT2D eigenvalue weighted by Crippen LogP contribution is -2.42. The lowest BCUT2D eigenvalue weighted by atomic mass is 10.1. The molecule has 0 saturated heterocycles. The Labute approximate surface area is 124 Å². The Bertz CT molecular complexity index is 731. The lowest BCUT2D eigenvalue weighted by molar-refractivity contribution is -0.129. The first-order chi connectivity index (χ1) is 10.0. The van der Waals surface area contributed by atoms with E-state index in [0.717, 1.165) is 16.5 Å². The number of anilines is 1. The molecule has 0 radical (unpaired) electrons. The standard InChI is InChI=1S/C17H18N2O2/c1-11(2)18(3)15(20)10-19-14-9-5-7-12-6-4-8-13(16(12)14)17(19)21/h4-9,11H,10H2,1-3H3. The van der Waals surface area contributed by atoms with Crippen molar-refractivity contribution >= 4 is 28.3 Å². The van der Waals surface area contributed by atoms with Crippen LogP contribution in [0.4, 0.5) is 5.69 Å². The summed E-state index contributed by atoms with van der Waals surface area (Å²) < 4.78 is 0. The van der Waals surface area contributed by atoms with Crippen LogP contribution in [-0.2, 0) is 4.79 Å². The zero-order valence-electron chi connectivity index (χ0n) is 12.5. The predicted molar refractivity (Wildman–Crippen MR) is 83.5 cm³/mol. The third-order valence-corrected chi connectivity index (χ3v) is 4.11. The van der Waals surface area contributed by atoms with Crippen molar-refractivity contribution in [2.75, 3.05) is 18.5 Å². The zero-order chi connectivity index (χ0) is 15.1. The molecule has 0 atom stereocenters. The number of carbonyl (C=O) groups excluding carboxylic acids is 2. The highest BCUT2D eigenvalue weighted by molar-refractivity contribution is 6.26. The topological polar surface area (TPSA) is 40.6 Å². The fourth-order valence-electron chi connectivity index (χ4n) is 2.67. The maximum Gasteiger partial charge on any atom is 0.259 e. The summed E-state index contributed by atoms with van der Waals surface area (Å²) in [7, 11) is 1.77. The van der Waals surface area contributed by atoms with Gasteiger partial charge in [-0.25, -0.2) is 0 Å². The van der Waals surface area contributed by atoms with Gasteiger partial charge in [-0.15, -0.1) is 0 Å². The van der Waals surface area contributed by atoms with E-state index < -0.39 is 0 Å². The van der Waals surface area contributed by atoms with Crippen LogP contribution in [0.3, 0.4) is 0 Å². The third kappa shape index (κ3) is 2.07.